The summed E-state index contributed by atoms with van der Waals surface area (Å²) in [6.07, 6.45) is 0. The Bertz CT molecular complexity index is 381. The molecular weight excluding hydrogens is 234 g/mol. The quantitative estimate of drug-likeness (QED) is 0.617. The van der Waals surface area contributed by atoms with E-state index in [1.807, 2.05) is 37.3 Å². The van der Waals surface area contributed by atoms with Crippen LogP contribution in [0.25, 0.3) is 0 Å². The molecule has 0 aliphatic carbocycles. The Hall–Kier alpha value is -1.49. The van der Waals surface area contributed by atoms with Crippen molar-refractivity contribution in [1.82, 2.24) is 4.90 Å². The Balaban J connectivity index is 2.53. The SMILES string of the molecule is CCN(Cc1ccccc1)C(=O)CSC(=N)N. The molecule has 0 saturated heterocycles. The summed E-state index contributed by atoms with van der Waals surface area (Å²) in [4.78, 5) is 13.6. The van der Waals surface area contributed by atoms with Crippen LogP contribution < -0.4 is 5.73 Å². The molecule has 0 unspecified atom stereocenters. The summed E-state index contributed by atoms with van der Waals surface area (Å²) in [5.41, 5.74) is 6.32. The molecule has 0 saturated carbocycles. The fourth-order valence-electron chi connectivity index (χ4n) is 1.41. The summed E-state index contributed by atoms with van der Waals surface area (Å²) in [5, 5.41) is 7.06. The van der Waals surface area contributed by atoms with E-state index in [4.69, 9.17) is 11.1 Å². The summed E-state index contributed by atoms with van der Waals surface area (Å²) in [5.74, 6) is 0.243. The molecule has 0 bridgehead atoms. The third kappa shape index (κ3) is 4.91. The smallest absolute Gasteiger partial charge is 0.233 e. The number of nitrogens with one attached hydrogen (secondary N) is 1. The van der Waals surface area contributed by atoms with Gasteiger partial charge >= 0.3 is 0 Å². The van der Waals surface area contributed by atoms with Crippen LogP contribution in [0.1, 0.15) is 12.5 Å². The van der Waals surface area contributed by atoms with Crippen molar-refractivity contribution in [1.29, 1.82) is 5.41 Å². The van der Waals surface area contributed by atoms with E-state index < -0.39 is 0 Å². The molecule has 1 aromatic carbocycles. The van der Waals surface area contributed by atoms with Crippen LogP contribution in [0.4, 0.5) is 0 Å². The molecule has 17 heavy (non-hydrogen) atoms. The number of hydrogen-bond acceptors (Lipinski definition) is 3. The van der Waals surface area contributed by atoms with E-state index in [1.165, 1.54) is 0 Å². The number of thioether (sulfide) groups is 1. The Morgan fingerprint density at radius 3 is 2.59 bits per heavy atom. The maximum absolute atomic E-state index is 11.8. The Kier molecular flexibility index (Phi) is 5.56. The van der Waals surface area contributed by atoms with Crippen LogP contribution in [0.5, 0.6) is 0 Å². The van der Waals surface area contributed by atoms with Crippen molar-refractivity contribution in [2.24, 2.45) is 5.73 Å². The number of nitrogens with two attached hydrogens (primary N) is 1. The Labute approximate surface area is 106 Å². The molecule has 4 nitrogen and oxygen atoms in total. The van der Waals surface area contributed by atoms with E-state index in [0.717, 1.165) is 17.3 Å². The zero-order valence-electron chi connectivity index (χ0n) is 9.85. The summed E-state index contributed by atoms with van der Waals surface area (Å²) in [6, 6.07) is 9.85. The maximum atomic E-state index is 11.8. The molecule has 0 spiro atoms. The molecule has 1 amide bonds. The van der Waals surface area contributed by atoms with Gasteiger partial charge in [0.1, 0.15) is 0 Å². The summed E-state index contributed by atoms with van der Waals surface area (Å²) in [7, 11) is 0. The largest absolute Gasteiger partial charge is 0.379 e. The first-order valence-corrected chi connectivity index (χ1v) is 6.40. The van der Waals surface area contributed by atoms with Gasteiger partial charge in [0.25, 0.3) is 0 Å². The summed E-state index contributed by atoms with van der Waals surface area (Å²) in [6.45, 7) is 3.21. The second-order valence-electron chi connectivity index (χ2n) is 3.55. The van der Waals surface area contributed by atoms with Crippen LogP contribution >= 0.6 is 11.8 Å². The van der Waals surface area contributed by atoms with Gasteiger partial charge in [0.15, 0.2) is 5.17 Å². The lowest BCUT2D eigenvalue weighted by Crippen LogP contribution is -2.32. The van der Waals surface area contributed by atoms with Crippen molar-refractivity contribution in [3.05, 3.63) is 35.9 Å². The molecule has 1 aromatic rings. The van der Waals surface area contributed by atoms with Crippen molar-refractivity contribution in [3.8, 4) is 0 Å². The number of rotatable bonds is 5. The fraction of sp³-hybridized carbons (Fsp3) is 0.333. The van der Waals surface area contributed by atoms with E-state index >= 15 is 0 Å². The molecule has 0 aliphatic rings. The lowest BCUT2D eigenvalue weighted by molar-refractivity contribution is -0.128. The highest BCUT2D eigenvalue weighted by Gasteiger charge is 2.12. The minimum Gasteiger partial charge on any atom is -0.379 e. The topological polar surface area (TPSA) is 70.2 Å². The third-order valence-electron chi connectivity index (χ3n) is 2.30. The van der Waals surface area contributed by atoms with Crippen LogP contribution in [0, 0.1) is 5.41 Å². The molecule has 92 valence electrons. The zero-order valence-corrected chi connectivity index (χ0v) is 10.7. The number of benzene rings is 1. The Morgan fingerprint density at radius 1 is 1.41 bits per heavy atom. The number of hydrogen-bond donors (Lipinski definition) is 2. The number of amides is 1. The van der Waals surface area contributed by atoms with E-state index in [2.05, 4.69) is 0 Å². The lowest BCUT2D eigenvalue weighted by Gasteiger charge is -2.20. The highest BCUT2D eigenvalue weighted by molar-refractivity contribution is 8.14. The van der Waals surface area contributed by atoms with Gasteiger partial charge in [-0.15, -0.1) is 0 Å². The normalized spacial score (nSPS) is 9.94. The monoisotopic (exact) mass is 251 g/mol. The van der Waals surface area contributed by atoms with Crippen molar-refractivity contribution in [3.63, 3.8) is 0 Å². The molecule has 5 heteroatoms. The van der Waals surface area contributed by atoms with Crippen LogP contribution in [0.3, 0.4) is 0 Å². The van der Waals surface area contributed by atoms with Gasteiger partial charge in [-0.05, 0) is 12.5 Å². The van der Waals surface area contributed by atoms with Gasteiger partial charge in [0.05, 0.1) is 5.75 Å². The number of amidine groups is 1. The van der Waals surface area contributed by atoms with Crippen LogP contribution in [0.15, 0.2) is 30.3 Å². The minimum atomic E-state index is -0.0193. The van der Waals surface area contributed by atoms with Gasteiger partial charge in [-0.1, -0.05) is 42.1 Å². The van der Waals surface area contributed by atoms with Crippen molar-refractivity contribution < 1.29 is 4.79 Å². The molecule has 0 atom stereocenters. The molecule has 1 rings (SSSR count). The van der Waals surface area contributed by atoms with Gasteiger partial charge in [-0.3, -0.25) is 10.2 Å². The molecule has 0 aliphatic heterocycles. The second-order valence-corrected chi connectivity index (χ2v) is 4.56. The lowest BCUT2D eigenvalue weighted by atomic mass is 10.2. The zero-order chi connectivity index (χ0) is 12.7. The van der Waals surface area contributed by atoms with Gasteiger partial charge in [0, 0.05) is 13.1 Å². The number of carbonyl (C=O) groups excluding carboxylic acids is 1. The van der Waals surface area contributed by atoms with Gasteiger partial charge in [-0.25, -0.2) is 0 Å². The standard InChI is InChI=1S/C12H17N3OS/c1-2-15(11(16)9-17-12(13)14)8-10-6-4-3-5-7-10/h3-7H,2,8-9H2,1H3,(H3,13,14). The van der Waals surface area contributed by atoms with Gasteiger partial charge in [-0.2, -0.15) is 0 Å². The highest BCUT2D eigenvalue weighted by atomic mass is 32.2. The first kappa shape index (κ1) is 13.6. The van der Waals surface area contributed by atoms with E-state index in [1.54, 1.807) is 4.90 Å². The van der Waals surface area contributed by atoms with Crippen molar-refractivity contribution in [2.75, 3.05) is 12.3 Å². The van der Waals surface area contributed by atoms with E-state index in [9.17, 15) is 4.79 Å². The predicted molar refractivity (Wildman–Crippen MR) is 71.9 cm³/mol. The first-order chi connectivity index (χ1) is 8.13. The molecule has 0 aromatic heterocycles. The van der Waals surface area contributed by atoms with Gasteiger partial charge < -0.3 is 10.6 Å². The molecule has 0 heterocycles. The maximum Gasteiger partial charge on any atom is 0.233 e. The average Bonchev–Trinajstić information content (AvgIpc) is 2.34. The molecule has 0 radical (unpaired) electrons. The first-order valence-electron chi connectivity index (χ1n) is 5.42. The minimum absolute atomic E-state index is 0.0107. The fourth-order valence-corrected chi connectivity index (χ4v) is 1.87. The van der Waals surface area contributed by atoms with Crippen LogP contribution in [0.2, 0.25) is 0 Å². The van der Waals surface area contributed by atoms with Crippen molar-refractivity contribution in [2.45, 2.75) is 13.5 Å². The Morgan fingerprint density at radius 2 is 2.06 bits per heavy atom. The molecule has 0 fully saturated rings. The number of nitrogens with zero attached hydrogens (tertiary/aromatic N) is 1. The molecule has 3 N–H and O–H groups in total. The van der Waals surface area contributed by atoms with Crippen molar-refractivity contribution >= 4 is 22.8 Å². The van der Waals surface area contributed by atoms with E-state index in [-0.39, 0.29) is 16.8 Å². The van der Waals surface area contributed by atoms with Gasteiger partial charge in [0.2, 0.25) is 5.91 Å². The highest BCUT2D eigenvalue weighted by Crippen LogP contribution is 2.07. The van der Waals surface area contributed by atoms with Crippen LogP contribution in [-0.2, 0) is 11.3 Å². The van der Waals surface area contributed by atoms with Crippen LogP contribution in [-0.4, -0.2) is 28.3 Å². The summed E-state index contributed by atoms with van der Waals surface area (Å²) >= 11 is 1.06. The second kappa shape index (κ2) is 6.96. The predicted octanol–water partition coefficient (Wildman–Crippen LogP) is 1.66. The third-order valence-corrected chi connectivity index (χ3v) is 3.00. The summed E-state index contributed by atoms with van der Waals surface area (Å²) < 4.78 is 0. The molecular formula is C12H17N3OS. The average molecular weight is 251 g/mol. The number of carbonyl (C=O) groups is 1. The van der Waals surface area contributed by atoms with E-state index in [0.29, 0.717) is 13.1 Å².